The molecule has 0 radical (unpaired) electrons. The van der Waals surface area contributed by atoms with Gasteiger partial charge in [0.25, 0.3) is 0 Å². The minimum absolute atomic E-state index is 0.453. The van der Waals surface area contributed by atoms with Gasteiger partial charge in [-0.3, -0.25) is 0 Å². The fourth-order valence-corrected chi connectivity index (χ4v) is 0.246. The predicted octanol–water partition coefficient (Wildman–Crippen LogP) is -0.997. The van der Waals surface area contributed by atoms with Crippen molar-refractivity contribution in [3.8, 4) is 0 Å². The highest BCUT2D eigenvalue weighted by Crippen LogP contribution is 1.85. The Balaban J connectivity index is 3.46. The molecular formula is C3H6ClNO3. The summed E-state index contributed by atoms with van der Waals surface area (Å²) in [6.07, 6.45) is 0. The Morgan fingerprint density at radius 3 is 2.62 bits per heavy atom. The van der Waals surface area contributed by atoms with Crippen molar-refractivity contribution in [3.05, 3.63) is 0 Å². The number of aliphatic hydroxyl groups is 1. The number of carbonyl (C=O) groups is 1. The maximum Gasteiger partial charge on any atom is 0.343 e. The van der Waals surface area contributed by atoms with Crippen LogP contribution in [0.3, 0.4) is 0 Å². The Morgan fingerprint density at radius 2 is 2.50 bits per heavy atom. The minimum Gasteiger partial charge on any atom is -0.394 e. The largest absolute Gasteiger partial charge is 0.394 e. The molecule has 0 saturated heterocycles. The van der Waals surface area contributed by atoms with Crippen LogP contribution in [0.4, 0.5) is 0 Å². The summed E-state index contributed by atoms with van der Waals surface area (Å²) in [7, 11) is 0. The van der Waals surface area contributed by atoms with Crippen LogP contribution in [-0.4, -0.2) is 23.7 Å². The van der Waals surface area contributed by atoms with E-state index in [4.69, 9.17) is 10.8 Å². The van der Waals surface area contributed by atoms with E-state index in [1.54, 1.807) is 0 Å². The van der Waals surface area contributed by atoms with Crippen molar-refractivity contribution in [1.82, 2.24) is 0 Å². The van der Waals surface area contributed by atoms with E-state index in [1.807, 2.05) is 0 Å². The Labute approximate surface area is 51.4 Å². The molecule has 0 fully saturated rings. The lowest BCUT2D eigenvalue weighted by Crippen LogP contribution is -2.33. The van der Waals surface area contributed by atoms with Gasteiger partial charge in [-0.2, -0.15) is 0 Å². The molecule has 0 heterocycles. The summed E-state index contributed by atoms with van der Waals surface area (Å²) in [5, 5.41) is 8.15. The van der Waals surface area contributed by atoms with Crippen LogP contribution in [0.25, 0.3) is 0 Å². The summed E-state index contributed by atoms with van der Waals surface area (Å²) in [4.78, 5) is 10.1. The maximum atomic E-state index is 10.1. The lowest BCUT2D eigenvalue weighted by molar-refractivity contribution is -0.136. The average Bonchev–Trinajstić information content (AvgIpc) is 1.84. The second-order valence-electron chi connectivity index (χ2n) is 1.19. The van der Waals surface area contributed by atoms with Crippen molar-refractivity contribution in [3.63, 3.8) is 0 Å². The molecule has 8 heavy (non-hydrogen) atoms. The number of carbonyl (C=O) groups excluding carboxylic acids is 1. The lowest BCUT2D eigenvalue weighted by Gasteiger charge is -1.99. The molecule has 48 valence electrons. The molecule has 0 aromatic rings. The number of aliphatic hydroxyl groups excluding tert-OH is 1. The SMILES string of the molecule is N[C@H](CO)C(=O)OCl. The van der Waals surface area contributed by atoms with Gasteiger partial charge in [0.2, 0.25) is 0 Å². The van der Waals surface area contributed by atoms with Crippen LogP contribution in [0.2, 0.25) is 0 Å². The average molecular weight is 140 g/mol. The molecule has 0 bridgehead atoms. The number of rotatable bonds is 2. The fraction of sp³-hybridized carbons (Fsp3) is 0.667. The van der Waals surface area contributed by atoms with Crippen molar-refractivity contribution in [2.75, 3.05) is 6.61 Å². The van der Waals surface area contributed by atoms with Gasteiger partial charge in [0.05, 0.1) is 6.61 Å². The second kappa shape index (κ2) is 3.65. The molecule has 0 aliphatic heterocycles. The van der Waals surface area contributed by atoms with Crippen LogP contribution in [0, 0.1) is 0 Å². The summed E-state index contributed by atoms with van der Waals surface area (Å²) in [5.41, 5.74) is 4.92. The zero-order valence-corrected chi connectivity index (χ0v) is 4.76. The van der Waals surface area contributed by atoms with Gasteiger partial charge in [-0.15, -0.1) is 0 Å². The van der Waals surface area contributed by atoms with Crippen LogP contribution < -0.4 is 5.73 Å². The van der Waals surface area contributed by atoms with Gasteiger partial charge >= 0.3 is 5.97 Å². The highest BCUT2D eigenvalue weighted by atomic mass is 35.5. The second-order valence-corrected chi connectivity index (χ2v) is 1.34. The van der Waals surface area contributed by atoms with Gasteiger partial charge in [0.1, 0.15) is 17.9 Å². The van der Waals surface area contributed by atoms with Gasteiger partial charge in [-0.25, -0.2) is 4.79 Å². The number of nitrogens with two attached hydrogens (primary N) is 1. The summed E-state index contributed by atoms with van der Waals surface area (Å²) >= 11 is 4.58. The molecular weight excluding hydrogens is 133 g/mol. The van der Waals surface area contributed by atoms with Crippen molar-refractivity contribution < 1.29 is 14.2 Å². The number of hydrogen-bond acceptors (Lipinski definition) is 4. The lowest BCUT2D eigenvalue weighted by atomic mass is 10.3. The smallest absolute Gasteiger partial charge is 0.343 e. The van der Waals surface area contributed by atoms with Crippen molar-refractivity contribution in [1.29, 1.82) is 0 Å². The highest BCUT2D eigenvalue weighted by Gasteiger charge is 2.11. The predicted molar refractivity (Wildman–Crippen MR) is 27.0 cm³/mol. The Morgan fingerprint density at radius 1 is 2.00 bits per heavy atom. The standard InChI is InChI=1S/C3H6ClNO3/c4-8-3(7)2(5)1-6/h2,6H,1,5H2/t2-/m1/s1. The van der Waals surface area contributed by atoms with Gasteiger partial charge in [0.15, 0.2) is 0 Å². The van der Waals surface area contributed by atoms with Crippen LogP contribution in [0.5, 0.6) is 0 Å². The van der Waals surface area contributed by atoms with Gasteiger partial charge in [-0.1, -0.05) is 0 Å². The Kier molecular flexibility index (Phi) is 3.51. The van der Waals surface area contributed by atoms with Crippen molar-refractivity contribution in [2.24, 2.45) is 5.73 Å². The zero-order chi connectivity index (χ0) is 6.57. The Bertz CT molecular complexity index is 86.6. The number of halogens is 1. The van der Waals surface area contributed by atoms with E-state index < -0.39 is 18.6 Å². The topological polar surface area (TPSA) is 72.5 Å². The molecule has 1 atom stereocenters. The molecule has 4 nitrogen and oxygen atoms in total. The number of hydrogen-bond donors (Lipinski definition) is 2. The fourth-order valence-electron chi connectivity index (χ4n) is 0.132. The highest BCUT2D eigenvalue weighted by molar-refractivity contribution is 6.13. The normalized spacial score (nSPS) is 12.9. The third-order valence-electron chi connectivity index (χ3n) is 0.575. The van der Waals surface area contributed by atoms with Crippen LogP contribution in [0.1, 0.15) is 0 Å². The molecule has 0 rings (SSSR count). The first-order valence-corrected chi connectivity index (χ1v) is 2.22. The molecule has 0 amide bonds. The van der Waals surface area contributed by atoms with Crippen molar-refractivity contribution >= 4 is 17.8 Å². The van der Waals surface area contributed by atoms with E-state index in [1.165, 1.54) is 0 Å². The monoisotopic (exact) mass is 139 g/mol. The van der Waals surface area contributed by atoms with E-state index in [0.29, 0.717) is 0 Å². The van der Waals surface area contributed by atoms with Gasteiger partial charge in [-0.05, 0) is 0 Å². The molecule has 0 aromatic heterocycles. The van der Waals surface area contributed by atoms with Gasteiger partial charge in [0, 0.05) is 0 Å². The summed E-state index contributed by atoms with van der Waals surface area (Å²) in [6.45, 7) is -0.453. The molecule has 0 saturated carbocycles. The van der Waals surface area contributed by atoms with E-state index in [-0.39, 0.29) is 0 Å². The third-order valence-corrected chi connectivity index (χ3v) is 0.728. The molecule has 0 aliphatic carbocycles. The van der Waals surface area contributed by atoms with Crippen LogP contribution >= 0.6 is 11.9 Å². The van der Waals surface area contributed by atoms with E-state index in [0.717, 1.165) is 0 Å². The van der Waals surface area contributed by atoms with Crippen LogP contribution in [-0.2, 0) is 9.08 Å². The summed E-state index contributed by atoms with van der Waals surface area (Å²) < 4.78 is 3.65. The summed E-state index contributed by atoms with van der Waals surface area (Å²) in [6, 6.07) is -1.02. The first kappa shape index (κ1) is 7.68. The molecule has 3 N–H and O–H groups in total. The van der Waals surface area contributed by atoms with Crippen molar-refractivity contribution in [2.45, 2.75) is 6.04 Å². The van der Waals surface area contributed by atoms with Crippen LogP contribution in [0.15, 0.2) is 0 Å². The zero-order valence-electron chi connectivity index (χ0n) is 4.00. The molecule has 0 aromatic carbocycles. The summed E-state index contributed by atoms with van der Waals surface area (Å²) in [5.74, 6) is -0.825. The first-order valence-electron chi connectivity index (χ1n) is 1.91. The van der Waals surface area contributed by atoms with E-state index in [9.17, 15) is 4.79 Å². The molecule has 0 unspecified atom stereocenters. The molecule has 0 aliphatic rings. The third kappa shape index (κ3) is 2.11. The Hall–Kier alpha value is -0.320. The van der Waals surface area contributed by atoms with E-state index in [2.05, 4.69) is 16.2 Å². The molecule has 5 heteroatoms. The van der Waals surface area contributed by atoms with Gasteiger partial charge < -0.3 is 15.1 Å². The molecule has 0 spiro atoms. The maximum absolute atomic E-state index is 10.1. The first-order chi connectivity index (χ1) is 3.72. The quantitative estimate of drug-likeness (QED) is 0.515. The minimum atomic E-state index is -1.02. The van der Waals surface area contributed by atoms with E-state index >= 15 is 0 Å².